The third kappa shape index (κ3) is 7.58. The van der Waals surface area contributed by atoms with E-state index in [-0.39, 0.29) is 21.8 Å². The molecule has 1 aromatic carbocycles. The third-order valence-corrected chi connectivity index (χ3v) is 10.0. The number of nitrogens with zero attached hydrogens (tertiary/aromatic N) is 1. The van der Waals surface area contributed by atoms with E-state index in [9.17, 15) is 24.0 Å². The monoisotopic (exact) mass is 548 g/mol. The van der Waals surface area contributed by atoms with Gasteiger partial charge in [-0.25, -0.2) is 0 Å². The molecule has 2 aliphatic heterocycles. The fourth-order valence-corrected chi connectivity index (χ4v) is 8.02. The molecule has 2 heterocycles. The van der Waals surface area contributed by atoms with E-state index >= 15 is 0 Å². The molecule has 3 N–H and O–H groups in total. The fraction of sp³-hybridized carbons (Fsp3) is 0.577. The zero-order chi connectivity index (χ0) is 27.0. The van der Waals surface area contributed by atoms with Crippen molar-refractivity contribution in [3.05, 3.63) is 35.9 Å². The van der Waals surface area contributed by atoms with E-state index < -0.39 is 36.2 Å². The molecule has 11 heteroatoms. The molecule has 3 amide bonds. The predicted octanol–water partition coefficient (Wildman–Crippen LogP) is 1.67. The second kappa shape index (κ2) is 13.4. The highest BCUT2D eigenvalue weighted by Gasteiger charge is 2.49. The lowest BCUT2D eigenvalue weighted by atomic mass is 10.0. The van der Waals surface area contributed by atoms with Crippen LogP contribution in [-0.4, -0.2) is 81.5 Å². The highest BCUT2D eigenvalue weighted by atomic mass is 32.2. The molecule has 0 aliphatic carbocycles. The maximum atomic E-state index is 13.2. The van der Waals surface area contributed by atoms with Crippen LogP contribution in [0, 0.1) is 0 Å². The smallest absolute Gasteiger partial charge is 0.290 e. The molecule has 2 aliphatic rings. The Balaban J connectivity index is 1.56. The van der Waals surface area contributed by atoms with Gasteiger partial charge in [0.1, 0.15) is 6.04 Å². The van der Waals surface area contributed by atoms with Crippen molar-refractivity contribution in [2.45, 2.75) is 62.2 Å². The minimum absolute atomic E-state index is 0.0183. The van der Waals surface area contributed by atoms with Crippen LogP contribution in [0.1, 0.15) is 51.6 Å². The summed E-state index contributed by atoms with van der Waals surface area (Å²) in [7, 11) is 0. The van der Waals surface area contributed by atoms with Crippen molar-refractivity contribution < 1.29 is 24.0 Å². The summed E-state index contributed by atoms with van der Waals surface area (Å²) in [5.74, 6) is -0.671. The third-order valence-electron chi connectivity index (χ3n) is 6.60. The van der Waals surface area contributed by atoms with Gasteiger partial charge in [-0.3, -0.25) is 28.9 Å². The first-order valence-corrected chi connectivity index (χ1v) is 14.7. The first kappa shape index (κ1) is 29.2. The van der Waals surface area contributed by atoms with Crippen LogP contribution in [0.2, 0.25) is 0 Å². The summed E-state index contributed by atoms with van der Waals surface area (Å²) >= 11 is 3.80. The summed E-state index contributed by atoms with van der Waals surface area (Å²) in [5, 5.41) is 7.74. The van der Waals surface area contributed by atoms with Gasteiger partial charge in [-0.05, 0) is 31.9 Å². The Hall–Kier alpha value is -2.37. The molecule has 37 heavy (non-hydrogen) atoms. The van der Waals surface area contributed by atoms with E-state index in [1.807, 2.05) is 37.4 Å². The lowest BCUT2D eigenvalue weighted by Crippen LogP contribution is -2.53. The number of ketones is 2. The first-order chi connectivity index (χ1) is 17.7. The van der Waals surface area contributed by atoms with Crippen molar-refractivity contribution in [2.24, 2.45) is 0 Å². The van der Waals surface area contributed by atoms with Crippen LogP contribution in [0.25, 0.3) is 0 Å². The van der Waals surface area contributed by atoms with E-state index in [2.05, 4.69) is 20.9 Å². The van der Waals surface area contributed by atoms with Gasteiger partial charge in [-0.2, -0.15) is 0 Å². The molecule has 3 rings (SSSR count). The van der Waals surface area contributed by atoms with E-state index in [0.717, 1.165) is 24.6 Å². The second-order valence-corrected chi connectivity index (χ2v) is 12.5. The first-order valence-electron chi connectivity index (χ1n) is 12.7. The molecule has 0 aromatic heterocycles. The minimum atomic E-state index is -0.964. The maximum Gasteiger partial charge on any atom is 0.290 e. The maximum absolute atomic E-state index is 13.2. The number of benzene rings is 1. The van der Waals surface area contributed by atoms with E-state index in [4.69, 9.17) is 0 Å². The summed E-state index contributed by atoms with van der Waals surface area (Å²) in [4.78, 5) is 65.3. The number of likely N-dealkylation sites (tertiary alicyclic amines) is 1. The number of carbonyl (C=O) groups excluding carboxylic acids is 5. The average molecular weight is 549 g/mol. The Morgan fingerprint density at radius 1 is 1.05 bits per heavy atom. The molecule has 2 fully saturated rings. The Bertz CT molecular complexity index is 1000. The number of carbonyl (C=O) groups is 5. The summed E-state index contributed by atoms with van der Waals surface area (Å²) in [6.07, 6.45) is 1.62. The normalized spacial score (nSPS) is 20.2. The number of hydrogen-bond acceptors (Lipinski definition) is 8. The fourth-order valence-electron chi connectivity index (χ4n) is 4.71. The largest absolute Gasteiger partial charge is 0.344 e. The topological polar surface area (TPSA) is 125 Å². The van der Waals surface area contributed by atoms with Gasteiger partial charge in [0.15, 0.2) is 5.78 Å². The van der Waals surface area contributed by atoms with E-state index in [1.54, 1.807) is 30.3 Å². The summed E-state index contributed by atoms with van der Waals surface area (Å²) in [6, 6.07) is 6.62. The van der Waals surface area contributed by atoms with Gasteiger partial charge in [0.05, 0.1) is 22.7 Å². The van der Waals surface area contributed by atoms with Crippen molar-refractivity contribution >= 4 is 52.8 Å². The van der Waals surface area contributed by atoms with Crippen LogP contribution in [0.5, 0.6) is 0 Å². The molecular formula is C26H36N4O5S2. The van der Waals surface area contributed by atoms with E-state index in [1.165, 1.54) is 6.92 Å². The molecule has 1 aromatic rings. The molecular weight excluding hydrogens is 512 g/mol. The van der Waals surface area contributed by atoms with Gasteiger partial charge in [-0.15, -0.1) is 23.5 Å². The summed E-state index contributed by atoms with van der Waals surface area (Å²) < 4.78 is 0.0183. The SMILES string of the molecule is CCCC(NC(=O)C1CC2(CN1CC)SCCS2)C(=O)C(=O)NCC(=O)NC(C(C)=O)c1ccccc1. The van der Waals surface area contributed by atoms with Gasteiger partial charge in [0, 0.05) is 18.1 Å². The van der Waals surface area contributed by atoms with Crippen LogP contribution in [-0.2, 0) is 24.0 Å². The van der Waals surface area contributed by atoms with Crippen LogP contribution >= 0.6 is 23.5 Å². The van der Waals surface area contributed by atoms with Crippen LogP contribution in [0.3, 0.4) is 0 Å². The number of hydrogen-bond donors (Lipinski definition) is 3. The molecule has 3 unspecified atom stereocenters. The zero-order valence-electron chi connectivity index (χ0n) is 21.6. The molecule has 0 saturated carbocycles. The number of amides is 3. The van der Waals surface area contributed by atoms with Crippen molar-refractivity contribution in [1.29, 1.82) is 0 Å². The number of likely N-dealkylation sites (N-methyl/N-ethyl adjacent to an activating group) is 1. The highest BCUT2D eigenvalue weighted by Crippen LogP contribution is 2.51. The Morgan fingerprint density at radius 3 is 2.32 bits per heavy atom. The number of nitrogens with one attached hydrogen (secondary N) is 3. The lowest BCUT2D eigenvalue weighted by molar-refractivity contribution is -0.141. The Kier molecular flexibility index (Phi) is 10.6. The molecule has 2 saturated heterocycles. The summed E-state index contributed by atoms with van der Waals surface area (Å²) in [6.45, 7) is 6.35. The number of thioether (sulfide) groups is 2. The van der Waals surface area contributed by atoms with Crippen molar-refractivity contribution in [3.63, 3.8) is 0 Å². The lowest BCUT2D eigenvalue weighted by Gasteiger charge is -2.24. The predicted molar refractivity (Wildman–Crippen MR) is 146 cm³/mol. The van der Waals surface area contributed by atoms with Crippen LogP contribution in [0.15, 0.2) is 30.3 Å². The number of rotatable bonds is 12. The van der Waals surface area contributed by atoms with Gasteiger partial charge in [0.2, 0.25) is 17.6 Å². The second-order valence-electron chi connectivity index (χ2n) is 9.31. The standard InChI is InChI=1S/C26H36N4O5S2/c1-4-9-19(28-24(34)20-14-26(16-30(20)5-2)36-12-13-37-26)23(33)25(35)27-15-21(32)29-22(17(3)31)18-10-7-6-8-11-18/h6-8,10-11,19-20,22H,4-5,9,12-16H2,1-3H3,(H,27,35)(H,28,34)(H,29,32). The van der Waals surface area contributed by atoms with Gasteiger partial charge < -0.3 is 16.0 Å². The molecule has 3 atom stereocenters. The summed E-state index contributed by atoms with van der Waals surface area (Å²) in [5.41, 5.74) is 0.626. The molecule has 1 spiro atoms. The van der Waals surface area contributed by atoms with Crippen molar-refractivity contribution in [3.8, 4) is 0 Å². The zero-order valence-corrected chi connectivity index (χ0v) is 23.2. The van der Waals surface area contributed by atoms with E-state index in [0.29, 0.717) is 24.8 Å². The van der Waals surface area contributed by atoms with Gasteiger partial charge in [-0.1, -0.05) is 50.6 Å². The minimum Gasteiger partial charge on any atom is -0.344 e. The molecule has 9 nitrogen and oxygen atoms in total. The molecule has 0 radical (unpaired) electrons. The Labute approximate surface area is 226 Å². The van der Waals surface area contributed by atoms with Crippen molar-refractivity contribution in [2.75, 3.05) is 31.1 Å². The highest BCUT2D eigenvalue weighted by molar-refractivity contribution is 8.21. The molecule has 0 bridgehead atoms. The quantitative estimate of drug-likeness (QED) is 0.337. The molecule has 202 valence electrons. The van der Waals surface area contributed by atoms with Crippen LogP contribution in [0.4, 0.5) is 0 Å². The number of Topliss-reactive ketones (excluding diaryl/α,β-unsaturated/α-hetero) is 2. The van der Waals surface area contributed by atoms with Gasteiger partial charge >= 0.3 is 0 Å². The average Bonchev–Trinajstić information content (AvgIpc) is 3.51. The van der Waals surface area contributed by atoms with Crippen LogP contribution < -0.4 is 16.0 Å². The van der Waals surface area contributed by atoms with Gasteiger partial charge in [0.25, 0.3) is 5.91 Å². The van der Waals surface area contributed by atoms with Crippen molar-refractivity contribution in [1.82, 2.24) is 20.9 Å². The Morgan fingerprint density at radius 2 is 1.73 bits per heavy atom.